The Morgan fingerprint density at radius 3 is 2.24 bits per heavy atom. The third-order valence-corrected chi connectivity index (χ3v) is 9.24. The van der Waals surface area contributed by atoms with E-state index in [1.165, 1.54) is 38.5 Å². The maximum absolute atomic E-state index is 6.69. The van der Waals surface area contributed by atoms with Crippen LogP contribution in [0.3, 0.4) is 0 Å². The van der Waals surface area contributed by atoms with Crippen LogP contribution in [0.4, 0.5) is 0 Å². The standard InChI is InChI=1S/C28H34Cl3NO2/c1-3-33-26-10-21(9-25(31)27(26)34-16-22-4-5-23(29)11-24(22)30)15-32-17(2)28-12-18-6-19(13-28)8-20(7-18)14-28/h4-5,9-11,17-20,32H,3,6-8,12-16H2,1-2H3/t17-,18?,19?,20?,28?/m1/s1. The first-order chi connectivity index (χ1) is 16.3. The predicted octanol–water partition coefficient (Wildman–Crippen LogP) is 8.32. The van der Waals surface area contributed by atoms with Gasteiger partial charge in [-0.1, -0.05) is 40.9 Å². The van der Waals surface area contributed by atoms with Gasteiger partial charge in [0.15, 0.2) is 11.5 Å². The SMILES string of the molecule is CCOc1cc(CN[C@H](C)C23CC4CC(CC(C4)C2)C3)cc(Cl)c1OCc1ccc(Cl)cc1Cl. The molecule has 0 saturated heterocycles. The van der Waals surface area contributed by atoms with Crippen molar-refractivity contribution in [3.63, 3.8) is 0 Å². The van der Waals surface area contributed by atoms with Crippen LogP contribution in [0.15, 0.2) is 30.3 Å². The van der Waals surface area contributed by atoms with Crippen molar-refractivity contribution in [1.82, 2.24) is 5.32 Å². The summed E-state index contributed by atoms with van der Waals surface area (Å²) in [6, 6.07) is 9.92. The molecule has 0 aliphatic heterocycles. The Morgan fingerprint density at radius 2 is 1.62 bits per heavy atom. The summed E-state index contributed by atoms with van der Waals surface area (Å²) in [5, 5.41) is 5.58. The summed E-state index contributed by atoms with van der Waals surface area (Å²) in [6.07, 6.45) is 8.63. The summed E-state index contributed by atoms with van der Waals surface area (Å²) in [7, 11) is 0. The van der Waals surface area contributed by atoms with Crippen LogP contribution in [0.1, 0.15) is 63.5 Å². The Balaban J connectivity index is 1.27. The van der Waals surface area contributed by atoms with Crippen LogP contribution >= 0.6 is 34.8 Å². The van der Waals surface area contributed by atoms with Crippen LogP contribution in [0.5, 0.6) is 11.5 Å². The van der Waals surface area contributed by atoms with Gasteiger partial charge in [-0.3, -0.25) is 0 Å². The first-order valence-electron chi connectivity index (χ1n) is 12.6. The maximum Gasteiger partial charge on any atom is 0.180 e. The molecule has 4 aliphatic rings. The van der Waals surface area contributed by atoms with Crippen molar-refractivity contribution in [3.05, 3.63) is 56.5 Å². The molecule has 4 bridgehead atoms. The second-order valence-corrected chi connectivity index (χ2v) is 12.0. The normalized spacial score (nSPS) is 28.2. The van der Waals surface area contributed by atoms with Crippen molar-refractivity contribution < 1.29 is 9.47 Å². The fourth-order valence-electron chi connectivity index (χ4n) is 7.11. The molecule has 2 aromatic rings. The molecule has 0 amide bonds. The Kier molecular flexibility index (Phi) is 7.29. The highest BCUT2D eigenvalue weighted by Gasteiger charge is 2.52. The van der Waals surface area contributed by atoms with E-state index in [1.54, 1.807) is 12.1 Å². The first-order valence-corrected chi connectivity index (χ1v) is 13.7. The molecule has 2 aromatic carbocycles. The molecule has 0 radical (unpaired) electrons. The lowest BCUT2D eigenvalue weighted by molar-refractivity contribution is -0.0706. The van der Waals surface area contributed by atoms with E-state index in [0.29, 0.717) is 44.6 Å². The molecule has 1 atom stereocenters. The Hall–Kier alpha value is -1.13. The minimum atomic E-state index is 0.288. The number of hydrogen-bond donors (Lipinski definition) is 1. The smallest absolute Gasteiger partial charge is 0.180 e. The quantitative estimate of drug-likeness (QED) is 0.359. The Labute approximate surface area is 218 Å². The van der Waals surface area contributed by atoms with Gasteiger partial charge in [0.2, 0.25) is 0 Å². The molecule has 4 saturated carbocycles. The van der Waals surface area contributed by atoms with E-state index < -0.39 is 0 Å². The van der Waals surface area contributed by atoms with Gasteiger partial charge < -0.3 is 14.8 Å². The van der Waals surface area contributed by atoms with Crippen LogP contribution in [0.2, 0.25) is 15.1 Å². The molecule has 184 valence electrons. The lowest BCUT2D eigenvalue weighted by atomic mass is 9.48. The summed E-state index contributed by atoms with van der Waals surface area (Å²) in [4.78, 5) is 0. The third-order valence-electron chi connectivity index (χ3n) is 8.37. The zero-order chi connectivity index (χ0) is 23.9. The Morgan fingerprint density at radius 1 is 0.941 bits per heavy atom. The van der Waals surface area contributed by atoms with E-state index >= 15 is 0 Å². The summed E-state index contributed by atoms with van der Waals surface area (Å²) in [6.45, 7) is 5.96. The molecular weight excluding hydrogens is 489 g/mol. The second-order valence-electron chi connectivity index (χ2n) is 10.7. The van der Waals surface area contributed by atoms with E-state index in [0.717, 1.165) is 35.4 Å². The maximum atomic E-state index is 6.69. The van der Waals surface area contributed by atoms with Crippen LogP contribution in [-0.4, -0.2) is 12.6 Å². The van der Waals surface area contributed by atoms with Crippen LogP contribution < -0.4 is 14.8 Å². The average Bonchev–Trinajstić information content (AvgIpc) is 2.77. The van der Waals surface area contributed by atoms with Crippen LogP contribution in [-0.2, 0) is 13.2 Å². The molecule has 6 heteroatoms. The van der Waals surface area contributed by atoms with Gasteiger partial charge in [-0.2, -0.15) is 0 Å². The fraction of sp³-hybridized carbons (Fsp3) is 0.571. The Bertz CT molecular complexity index is 1010. The van der Waals surface area contributed by atoms with Gasteiger partial charge in [0.05, 0.1) is 11.6 Å². The second kappa shape index (κ2) is 10.1. The van der Waals surface area contributed by atoms with Crippen molar-refractivity contribution >= 4 is 34.8 Å². The highest BCUT2D eigenvalue weighted by molar-refractivity contribution is 6.35. The van der Waals surface area contributed by atoms with Gasteiger partial charge in [-0.15, -0.1) is 0 Å². The molecular formula is C28H34Cl3NO2. The largest absolute Gasteiger partial charge is 0.490 e. The average molecular weight is 523 g/mol. The van der Waals surface area contributed by atoms with Gasteiger partial charge in [0, 0.05) is 28.2 Å². The number of hydrogen-bond acceptors (Lipinski definition) is 3. The van der Waals surface area contributed by atoms with Crippen molar-refractivity contribution in [2.24, 2.45) is 23.2 Å². The van der Waals surface area contributed by atoms with Crippen LogP contribution in [0.25, 0.3) is 0 Å². The van der Waals surface area contributed by atoms with Crippen molar-refractivity contribution in [2.75, 3.05) is 6.61 Å². The molecule has 0 unspecified atom stereocenters. The number of nitrogens with one attached hydrogen (secondary N) is 1. The summed E-state index contributed by atoms with van der Waals surface area (Å²) >= 11 is 19.0. The van der Waals surface area contributed by atoms with E-state index in [9.17, 15) is 0 Å². The molecule has 34 heavy (non-hydrogen) atoms. The van der Waals surface area contributed by atoms with Gasteiger partial charge in [-0.05, 0) is 105 Å². The molecule has 3 nitrogen and oxygen atoms in total. The minimum absolute atomic E-state index is 0.288. The highest BCUT2D eigenvalue weighted by atomic mass is 35.5. The van der Waals surface area contributed by atoms with Crippen molar-refractivity contribution in [3.8, 4) is 11.5 Å². The number of ether oxygens (including phenoxy) is 2. The zero-order valence-electron chi connectivity index (χ0n) is 20.0. The topological polar surface area (TPSA) is 30.5 Å². The molecule has 0 spiro atoms. The first kappa shape index (κ1) is 24.6. The lowest BCUT2D eigenvalue weighted by Crippen LogP contribution is -2.54. The summed E-state index contributed by atoms with van der Waals surface area (Å²) < 4.78 is 12.0. The number of halogens is 3. The lowest BCUT2D eigenvalue weighted by Gasteiger charge is -2.59. The van der Waals surface area contributed by atoms with Gasteiger partial charge in [0.1, 0.15) is 6.61 Å². The summed E-state index contributed by atoms with van der Waals surface area (Å²) in [5.74, 6) is 4.09. The van der Waals surface area contributed by atoms with E-state index in [4.69, 9.17) is 44.3 Å². The molecule has 0 aromatic heterocycles. The highest BCUT2D eigenvalue weighted by Crippen LogP contribution is 2.61. The number of rotatable bonds is 9. The molecule has 6 rings (SSSR count). The number of benzene rings is 2. The molecule has 4 aliphatic carbocycles. The minimum Gasteiger partial charge on any atom is -0.490 e. The van der Waals surface area contributed by atoms with Gasteiger partial charge in [0.25, 0.3) is 0 Å². The zero-order valence-corrected chi connectivity index (χ0v) is 22.3. The fourth-order valence-corrected chi connectivity index (χ4v) is 7.86. The van der Waals surface area contributed by atoms with E-state index in [2.05, 4.69) is 12.2 Å². The monoisotopic (exact) mass is 521 g/mol. The van der Waals surface area contributed by atoms with Crippen molar-refractivity contribution in [1.29, 1.82) is 0 Å². The molecule has 0 heterocycles. The van der Waals surface area contributed by atoms with Crippen molar-refractivity contribution in [2.45, 2.75) is 71.6 Å². The van der Waals surface area contributed by atoms with E-state index in [-0.39, 0.29) is 6.61 Å². The molecule has 4 fully saturated rings. The predicted molar refractivity (Wildman–Crippen MR) is 140 cm³/mol. The van der Waals surface area contributed by atoms with Gasteiger partial charge in [-0.25, -0.2) is 0 Å². The summed E-state index contributed by atoms with van der Waals surface area (Å²) in [5.41, 5.74) is 2.43. The molecule has 1 N–H and O–H groups in total. The third kappa shape index (κ3) is 5.05. The van der Waals surface area contributed by atoms with Gasteiger partial charge >= 0.3 is 0 Å². The van der Waals surface area contributed by atoms with Crippen LogP contribution in [0, 0.1) is 23.2 Å². The van der Waals surface area contributed by atoms with E-state index in [1.807, 2.05) is 25.1 Å².